The molecule has 4 nitrogen and oxygen atoms in total. The Morgan fingerprint density at radius 3 is 2.84 bits per heavy atom. The molecule has 0 bridgehead atoms. The Hall–Kier alpha value is -1.88. The quantitative estimate of drug-likeness (QED) is 0.844. The van der Waals surface area contributed by atoms with Gasteiger partial charge in [-0.05, 0) is 43.8 Å². The molecule has 0 saturated carbocycles. The maximum absolute atomic E-state index is 11.7. The van der Waals surface area contributed by atoms with Gasteiger partial charge in [0.15, 0.2) is 4.77 Å². The first-order valence-electron chi connectivity index (χ1n) is 6.11. The Bertz CT molecular complexity index is 673. The third kappa shape index (κ3) is 3.79. The van der Waals surface area contributed by atoms with E-state index in [0.29, 0.717) is 16.8 Å². The van der Waals surface area contributed by atoms with E-state index in [2.05, 4.69) is 9.97 Å². The van der Waals surface area contributed by atoms with Gasteiger partial charge in [-0.15, -0.1) is 0 Å². The summed E-state index contributed by atoms with van der Waals surface area (Å²) in [4.78, 5) is 17.1. The number of nitrogens with one attached hydrogen (secondary N) is 2. The first-order chi connectivity index (χ1) is 9.04. The van der Waals surface area contributed by atoms with Crippen LogP contribution in [0.5, 0.6) is 5.75 Å². The van der Waals surface area contributed by atoms with E-state index in [9.17, 15) is 4.79 Å². The monoisotopic (exact) mass is 276 g/mol. The van der Waals surface area contributed by atoms with Crippen LogP contribution < -0.4 is 10.3 Å². The van der Waals surface area contributed by atoms with Crippen molar-refractivity contribution in [2.24, 2.45) is 0 Å². The first kappa shape index (κ1) is 13.5. The van der Waals surface area contributed by atoms with Crippen molar-refractivity contribution in [3.63, 3.8) is 0 Å². The standard InChI is InChI=1S/C14H16N2O2S/c1-9(2)18-12-5-3-4-10(7-12)6-11-8-15-14(19)16-13(11)17/h3-5,7-9H,6H2,1-2H3,(H2,15,16,17,19). The zero-order chi connectivity index (χ0) is 13.8. The van der Waals surface area contributed by atoms with E-state index in [1.165, 1.54) is 0 Å². The van der Waals surface area contributed by atoms with Crippen molar-refractivity contribution in [1.29, 1.82) is 0 Å². The summed E-state index contributed by atoms with van der Waals surface area (Å²) >= 11 is 4.86. The summed E-state index contributed by atoms with van der Waals surface area (Å²) in [5.41, 5.74) is 1.52. The molecule has 0 aliphatic carbocycles. The number of hydrogen-bond acceptors (Lipinski definition) is 3. The van der Waals surface area contributed by atoms with Crippen molar-refractivity contribution < 1.29 is 4.74 Å². The van der Waals surface area contributed by atoms with Gasteiger partial charge in [-0.2, -0.15) is 0 Å². The Morgan fingerprint density at radius 2 is 2.16 bits per heavy atom. The third-order valence-corrected chi connectivity index (χ3v) is 2.78. The minimum Gasteiger partial charge on any atom is -0.491 e. The summed E-state index contributed by atoms with van der Waals surface area (Å²) < 4.78 is 5.97. The van der Waals surface area contributed by atoms with Crippen LogP contribution in [0.25, 0.3) is 0 Å². The van der Waals surface area contributed by atoms with Gasteiger partial charge in [0.25, 0.3) is 5.56 Å². The minimum absolute atomic E-state index is 0.131. The summed E-state index contributed by atoms with van der Waals surface area (Å²) in [6, 6.07) is 7.74. The molecule has 1 aromatic carbocycles. The largest absolute Gasteiger partial charge is 0.491 e. The number of ether oxygens (including phenoxy) is 1. The molecule has 0 radical (unpaired) electrons. The first-order valence-corrected chi connectivity index (χ1v) is 6.52. The molecule has 2 N–H and O–H groups in total. The van der Waals surface area contributed by atoms with Crippen molar-refractivity contribution >= 4 is 12.2 Å². The van der Waals surface area contributed by atoms with Crippen LogP contribution in [-0.2, 0) is 6.42 Å². The molecule has 0 atom stereocenters. The SMILES string of the molecule is CC(C)Oc1cccc(Cc2c[nH]c(=S)[nH]c2=O)c1. The molecule has 0 fully saturated rings. The molecule has 2 rings (SSSR count). The molecule has 1 aromatic heterocycles. The van der Waals surface area contributed by atoms with Crippen LogP contribution in [-0.4, -0.2) is 16.1 Å². The van der Waals surface area contributed by atoms with Crippen molar-refractivity contribution in [1.82, 2.24) is 9.97 Å². The minimum atomic E-state index is -0.154. The maximum atomic E-state index is 11.7. The fourth-order valence-corrected chi connectivity index (χ4v) is 1.94. The van der Waals surface area contributed by atoms with E-state index >= 15 is 0 Å². The van der Waals surface area contributed by atoms with Gasteiger partial charge in [0.1, 0.15) is 5.75 Å². The van der Waals surface area contributed by atoms with Gasteiger partial charge < -0.3 is 9.72 Å². The molecular weight excluding hydrogens is 260 g/mol. The lowest BCUT2D eigenvalue weighted by atomic mass is 10.1. The molecule has 1 heterocycles. The molecule has 100 valence electrons. The highest BCUT2D eigenvalue weighted by Crippen LogP contribution is 2.16. The lowest BCUT2D eigenvalue weighted by Crippen LogP contribution is -2.13. The van der Waals surface area contributed by atoms with Gasteiger partial charge in [0.2, 0.25) is 0 Å². The Labute approximate surface area is 116 Å². The zero-order valence-electron chi connectivity index (χ0n) is 10.9. The summed E-state index contributed by atoms with van der Waals surface area (Å²) in [5, 5.41) is 0. The smallest absolute Gasteiger partial charge is 0.255 e. The second-order valence-corrected chi connectivity index (χ2v) is 5.00. The second-order valence-electron chi connectivity index (χ2n) is 4.59. The van der Waals surface area contributed by atoms with Gasteiger partial charge in [-0.3, -0.25) is 9.78 Å². The van der Waals surface area contributed by atoms with Crippen molar-refractivity contribution in [3.05, 3.63) is 56.7 Å². The summed E-state index contributed by atoms with van der Waals surface area (Å²) in [5.74, 6) is 0.813. The van der Waals surface area contributed by atoms with Crippen LogP contribution in [0.15, 0.2) is 35.3 Å². The van der Waals surface area contributed by atoms with E-state index < -0.39 is 0 Å². The molecule has 5 heteroatoms. The lowest BCUT2D eigenvalue weighted by Gasteiger charge is -2.10. The number of benzene rings is 1. The average Bonchev–Trinajstić information content (AvgIpc) is 2.32. The molecule has 0 amide bonds. The van der Waals surface area contributed by atoms with Crippen LogP contribution >= 0.6 is 12.2 Å². The van der Waals surface area contributed by atoms with E-state index in [1.54, 1.807) is 6.20 Å². The van der Waals surface area contributed by atoms with Crippen LogP contribution in [0.4, 0.5) is 0 Å². The highest BCUT2D eigenvalue weighted by atomic mass is 32.1. The van der Waals surface area contributed by atoms with Gasteiger partial charge in [-0.1, -0.05) is 12.1 Å². The fourth-order valence-electron chi connectivity index (χ4n) is 1.79. The Morgan fingerprint density at radius 1 is 1.37 bits per heavy atom. The molecule has 0 aliphatic heterocycles. The number of aromatic amines is 2. The lowest BCUT2D eigenvalue weighted by molar-refractivity contribution is 0.242. The zero-order valence-corrected chi connectivity index (χ0v) is 11.7. The number of H-pyrrole nitrogens is 2. The summed E-state index contributed by atoms with van der Waals surface area (Å²) in [7, 11) is 0. The normalized spacial score (nSPS) is 10.7. The number of rotatable bonds is 4. The van der Waals surface area contributed by atoms with Gasteiger partial charge in [0.05, 0.1) is 6.10 Å². The van der Waals surface area contributed by atoms with Crippen LogP contribution in [0, 0.1) is 4.77 Å². The fraction of sp³-hybridized carbons (Fsp3) is 0.286. The molecule has 19 heavy (non-hydrogen) atoms. The van der Waals surface area contributed by atoms with Crippen molar-refractivity contribution in [2.45, 2.75) is 26.4 Å². The van der Waals surface area contributed by atoms with Crippen LogP contribution in [0.3, 0.4) is 0 Å². The number of aromatic nitrogens is 2. The Kier molecular flexibility index (Phi) is 4.16. The maximum Gasteiger partial charge on any atom is 0.255 e. The molecular formula is C14H16N2O2S. The predicted octanol–water partition coefficient (Wildman–Crippen LogP) is 2.81. The third-order valence-electron chi connectivity index (χ3n) is 2.56. The molecule has 2 aromatic rings. The average molecular weight is 276 g/mol. The van der Waals surface area contributed by atoms with Gasteiger partial charge in [-0.25, -0.2) is 0 Å². The van der Waals surface area contributed by atoms with Crippen molar-refractivity contribution in [3.8, 4) is 5.75 Å². The Balaban J connectivity index is 2.23. The highest BCUT2D eigenvalue weighted by Gasteiger charge is 2.04. The molecule has 0 saturated heterocycles. The van der Waals surface area contributed by atoms with E-state index in [-0.39, 0.29) is 11.7 Å². The van der Waals surface area contributed by atoms with E-state index in [1.807, 2.05) is 38.1 Å². The summed E-state index contributed by atoms with van der Waals surface area (Å²) in [6.45, 7) is 3.96. The highest BCUT2D eigenvalue weighted by molar-refractivity contribution is 7.71. The van der Waals surface area contributed by atoms with Gasteiger partial charge >= 0.3 is 0 Å². The predicted molar refractivity (Wildman–Crippen MR) is 77.3 cm³/mol. The number of hydrogen-bond donors (Lipinski definition) is 2. The van der Waals surface area contributed by atoms with Crippen molar-refractivity contribution in [2.75, 3.05) is 0 Å². The van der Waals surface area contributed by atoms with E-state index in [4.69, 9.17) is 17.0 Å². The van der Waals surface area contributed by atoms with E-state index in [0.717, 1.165) is 11.3 Å². The molecule has 0 aliphatic rings. The molecule has 0 spiro atoms. The topological polar surface area (TPSA) is 57.9 Å². The molecule has 0 unspecified atom stereocenters. The second kappa shape index (κ2) is 5.84. The van der Waals surface area contributed by atoms with Gasteiger partial charge in [0, 0.05) is 18.2 Å². The van der Waals surface area contributed by atoms with Crippen LogP contribution in [0.2, 0.25) is 0 Å². The summed E-state index contributed by atoms with van der Waals surface area (Å²) in [6.07, 6.45) is 2.32. The van der Waals surface area contributed by atoms with Crippen LogP contribution in [0.1, 0.15) is 25.0 Å².